The van der Waals surface area contributed by atoms with E-state index in [4.69, 9.17) is 0 Å². The summed E-state index contributed by atoms with van der Waals surface area (Å²) < 4.78 is 14.8. The molecule has 0 spiro atoms. The maximum absolute atomic E-state index is 13.3. The lowest BCUT2D eigenvalue weighted by Gasteiger charge is -2.22. The van der Waals surface area contributed by atoms with Crippen LogP contribution >= 0.6 is 0 Å². The van der Waals surface area contributed by atoms with Gasteiger partial charge in [-0.3, -0.25) is 9.59 Å². The van der Waals surface area contributed by atoms with Gasteiger partial charge in [-0.25, -0.2) is 9.07 Å². The van der Waals surface area contributed by atoms with Crippen LogP contribution in [0.5, 0.6) is 0 Å². The van der Waals surface area contributed by atoms with Gasteiger partial charge in [-0.2, -0.15) is 5.10 Å². The highest BCUT2D eigenvalue weighted by Crippen LogP contribution is 2.24. The summed E-state index contributed by atoms with van der Waals surface area (Å²) in [6.07, 6.45) is 5.61. The number of carboxylic acids is 1. The van der Waals surface area contributed by atoms with Crippen molar-refractivity contribution in [2.75, 3.05) is 0 Å². The molecule has 0 bridgehead atoms. The van der Waals surface area contributed by atoms with Crippen LogP contribution in [-0.4, -0.2) is 32.8 Å². The van der Waals surface area contributed by atoms with Gasteiger partial charge < -0.3 is 10.4 Å². The number of carbonyl (C=O) groups excluding carboxylic acids is 1. The largest absolute Gasteiger partial charge is 0.481 e. The average Bonchev–Trinajstić information content (AvgIpc) is 2.95. The Balaban J connectivity index is 1.76. The molecule has 0 saturated heterocycles. The third-order valence-electron chi connectivity index (χ3n) is 4.88. The van der Waals surface area contributed by atoms with E-state index in [1.807, 2.05) is 0 Å². The maximum Gasteiger partial charge on any atom is 0.308 e. The number of hydrogen-bond donors (Lipinski definition) is 2. The first kappa shape index (κ1) is 18.1. The second-order valence-corrected chi connectivity index (χ2v) is 6.74. The third-order valence-corrected chi connectivity index (χ3v) is 4.88. The summed E-state index contributed by atoms with van der Waals surface area (Å²) in [5.74, 6) is -2.15. The monoisotopic (exact) mass is 359 g/mol. The van der Waals surface area contributed by atoms with E-state index in [1.165, 1.54) is 16.8 Å². The number of hydrogen-bond acceptors (Lipinski definition) is 3. The van der Waals surface area contributed by atoms with Crippen LogP contribution in [-0.2, 0) is 4.79 Å². The average molecular weight is 359 g/mol. The van der Waals surface area contributed by atoms with E-state index in [1.54, 1.807) is 25.3 Å². The number of rotatable bonds is 4. The van der Waals surface area contributed by atoms with Crippen molar-refractivity contribution >= 4 is 11.9 Å². The second-order valence-electron chi connectivity index (χ2n) is 6.74. The van der Waals surface area contributed by atoms with Crippen LogP contribution in [0.3, 0.4) is 0 Å². The van der Waals surface area contributed by atoms with Crippen molar-refractivity contribution in [2.45, 2.75) is 45.1 Å². The smallest absolute Gasteiger partial charge is 0.308 e. The van der Waals surface area contributed by atoms with Crippen LogP contribution in [0.2, 0.25) is 0 Å². The molecule has 1 aliphatic carbocycles. The molecule has 1 saturated carbocycles. The summed E-state index contributed by atoms with van der Waals surface area (Å²) in [7, 11) is 0. The highest BCUT2D eigenvalue weighted by Gasteiger charge is 2.31. The number of halogens is 1. The lowest BCUT2D eigenvalue weighted by Crippen LogP contribution is -2.43. The van der Waals surface area contributed by atoms with Crippen LogP contribution < -0.4 is 5.32 Å². The van der Waals surface area contributed by atoms with Crippen molar-refractivity contribution < 1.29 is 19.1 Å². The number of carboxylic acid groups (broad SMARTS) is 1. The Labute approximate surface area is 151 Å². The first-order chi connectivity index (χ1) is 12.5. The molecular weight excluding hydrogens is 337 g/mol. The Morgan fingerprint density at radius 2 is 2.00 bits per heavy atom. The molecule has 7 heteroatoms. The number of nitrogens with zero attached hydrogens (tertiary/aromatic N) is 2. The second kappa shape index (κ2) is 7.68. The van der Waals surface area contributed by atoms with Gasteiger partial charge in [-0.1, -0.05) is 19.3 Å². The minimum Gasteiger partial charge on any atom is -0.481 e. The lowest BCUT2D eigenvalue weighted by atomic mass is 9.95. The van der Waals surface area contributed by atoms with Gasteiger partial charge in [-0.15, -0.1) is 0 Å². The molecule has 1 fully saturated rings. The van der Waals surface area contributed by atoms with Crippen molar-refractivity contribution in [3.63, 3.8) is 0 Å². The molecule has 2 atom stereocenters. The van der Waals surface area contributed by atoms with Crippen molar-refractivity contribution in [1.82, 2.24) is 15.1 Å². The number of aromatic nitrogens is 2. The molecule has 1 aliphatic rings. The van der Waals surface area contributed by atoms with E-state index in [9.17, 15) is 19.1 Å². The van der Waals surface area contributed by atoms with E-state index < -0.39 is 11.9 Å². The zero-order chi connectivity index (χ0) is 18.7. The topological polar surface area (TPSA) is 84.2 Å². The molecule has 0 aliphatic heterocycles. The van der Waals surface area contributed by atoms with Crippen molar-refractivity contribution in [1.29, 1.82) is 0 Å². The summed E-state index contributed by atoms with van der Waals surface area (Å²) in [6, 6.07) is 5.53. The zero-order valence-corrected chi connectivity index (χ0v) is 14.6. The van der Waals surface area contributed by atoms with E-state index in [0.717, 1.165) is 19.3 Å². The van der Waals surface area contributed by atoms with E-state index in [0.29, 0.717) is 24.1 Å². The standard InChI is InChI=1S/C19H22FN3O3/c1-12-11-13(20)7-8-17(12)23-10-9-16(22-23)18(24)21-15-6-4-2-3-5-14(15)19(25)26/h7-11,14-15H,2-6H2,1H3,(H,21,24)(H,25,26)/t14-,15+/m1/s1. The lowest BCUT2D eigenvalue weighted by molar-refractivity contribution is -0.142. The number of amides is 1. The minimum absolute atomic E-state index is 0.210. The fourth-order valence-corrected chi connectivity index (χ4v) is 3.47. The van der Waals surface area contributed by atoms with Gasteiger partial charge in [0.15, 0.2) is 5.69 Å². The van der Waals surface area contributed by atoms with Crippen LogP contribution in [0.25, 0.3) is 5.69 Å². The maximum atomic E-state index is 13.3. The number of carbonyl (C=O) groups is 2. The highest BCUT2D eigenvalue weighted by molar-refractivity contribution is 5.92. The number of benzene rings is 1. The molecule has 1 aromatic heterocycles. The predicted octanol–water partition coefficient (Wildman–Crippen LogP) is 3.08. The van der Waals surface area contributed by atoms with Gasteiger partial charge in [0.2, 0.25) is 0 Å². The van der Waals surface area contributed by atoms with Crippen molar-refractivity contribution in [3.8, 4) is 5.69 Å². The van der Waals surface area contributed by atoms with Crippen molar-refractivity contribution in [2.24, 2.45) is 5.92 Å². The molecule has 0 radical (unpaired) electrons. The van der Waals surface area contributed by atoms with E-state index in [2.05, 4.69) is 10.4 Å². The van der Waals surface area contributed by atoms with Crippen molar-refractivity contribution in [3.05, 3.63) is 47.5 Å². The van der Waals surface area contributed by atoms with Crippen LogP contribution in [0.4, 0.5) is 4.39 Å². The normalized spacial score (nSPS) is 20.4. The molecule has 2 aromatic rings. The molecule has 1 aromatic carbocycles. The Morgan fingerprint density at radius 3 is 2.73 bits per heavy atom. The van der Waals surface area contributed by atoms with E-state index >= 15 is 0 Å². The summed E-state index contributed by atoms with van der Waals surface area (Å²) in [6.45, 7) is 1.77. The van der Waals surface area contributed by atoms with Gasteiger partial charge in [0, 0.05) is 12.2 Å². The molecule has 1 heterocycles. The quantitative estimate of drug-likeness (QED) is 0.822. The van der Waals surface area contributed by atoms with Gasteiger partial charge in [0.25, 0.3) is 5.91 Å². The van der Waals surface area contributed by atoms with Gasteiger partial charge in [-0.05, 0) is 49.6 Å². The van der Waals surface area contributed by atoms with Gasteiger partial charge in [0.1, 0.15) is 5.82 Å². The third kappa shape index (κ3) is 3.92. The van der Waals surface area contributed by atoms with Crippen LogP contribution in [0.15, 0.2) is 30.5 Å². The first-order valence-electron chi connectivity index (χ1n) is 8.81. The summed E-state index contributed by atoms with van der Waals surface area (Å²) in [5.41, 5.74) is 1.60. The van der Waals surface area contributed by atoms with Gasteiger partial charge >= 0.3 is 5.97 Å². The number of nitrogens with one attached hydrogen (secondary N) is 1. The summed E-state index contributed by atoms with van der Waals surface area (Å²) >= 11 is 0. The molecule has 2 N–H and O–H groups in total. The predicted molar refractivity (Wildman–Crippen MR) is 93.7 cm³/mol. The summed E-state index contributed by atoms with van der Waals surface area (Å²) in [4.78, 5) is 24.0. The fraction of sp³-hybridized carbons (Fsp3) is 0.421. The van der Waals surface area contributed by atoms with E-state index in [-0.39, 0.29) is 23.5 Å². The Hall–Kier alpha value is -2.70. The first-order valence-corrected chi connectivity index (χ1v) is 8.81. The SMILES string of the molecule is Cc1cc(F)ccc1-n1ccc(C(=O)N[C@H]2CCCCC[C@H]2C(=O)O)n1. The number of aryl methyl sites for hydroxylation is 1. The highest BCUT2D eigenvalue weighted by atomic mass is 19.1. The molecule has 0 unspecified atom stereocenters. The fourth-order valence-electron chi connectivity index (χ4n) is 3.47. The minimum atomic E-state index is -0.871. The number of aliphatic carboxylic acids is 1. The molecule has 6 nitrogen and oxygen atoms in total. The Kier molecular flexibility index (Phi) is 5.35. The van der Waals surface area contributed by atoms with Gasteiger partial charge in [0.05, 0.1) is 11.6 Å². The molecule has 1 amide bonds. The molecule has 26 heavy (non-hydrogen) atoms. The molecular formula is C19H22FN3O3. The molecule has 138 valence electrons. The zero-order valence-electron chi connectivity index (χ0n) is 14.6. The Morgan fingerprint density at radius 1 is 1.23 bits per heavy atom. The summed E-state index contributed by atoms with van der Waals surface area (Å²) in [5, 5.41) is 16.5. The van der Waals surface area contributed by atoms with Crippen LogP contribution in [0.1, 0.15) is 48.2 Å². The van der Waals surface area contributed by atoms with Crippen LogP contribution in [0, 0.1) is 18.7 Å². The Bertz CT molecular complexity index is 818. The molecule has 3 rings (SSSR count).